The van der Waals surface area contributed by atoms with Crippen molar-refractivity contribution in [1.29, 1.82) is 0 Å². The molecule has 0 aliphatic carbocycles. The first-order valence-corrected chi connectivity index (χ1v) is 10.4. The third-order valence-electron chi connectivity index (χ3n) is 4.94. The Kier molecular flexibility index (Phi) is 7.57. The largest absolute Gasteiger partial charge is 0.489 e. The molecule has 30 heavy (non-hydrogen) atoms. The van der Waals surface area contributed by atoms with Gasteiger partial charge in [-0.15, -0.1) is 0 Å². The summed E-state index contributed by atoms with van der Waals surface area (Å²) in [4.78, 5) is 12.4. The number of anilines is 1. The van der Waals surface area contributed by atoms with Crippen LogP contribution in [0, 0.1) is 0 Å². The molecule has 3 aromatic rings. The molecule has 0 bridgehead atoms. The monoisotopic (exact) mass is 418 g/mol. The van der Waals surface area contributed by atoms with Crippen LogP contribution in [-0.4, -0.2) is 11.0 Å². The molecule has 0 heterocycles. The van der Waals surface area contributed by atoms with Crippen molar-refractivity contribution in [3.63, 3.8) is 0 Å². The second-order valence-corrected chi connectivity index (χ2v) is 7.55. The lowest BCUT2D eigenvalue weighted by atomic mass is 9.99. The highest BCUT2D eigenvalue weighted by molar-refractivity contribution is 7.80. The number of amides is 1. The number of hydrogen-bond acceptors (Lipinski definition) is 3. The first kappa shape index (κ1) is 21.5. The maximum atomic E-state index is 12.4. The van der Waals surface area contributed by atoms with Crippen LogP contribution in [0.15, 0.2) is 78.9 Å². The molecule has 1 amide bonds. The van der Waals surface area contributed by atoms with Crippen molar-refractivity contribution in [2.75, 3.05) is 5.32 Å². The fraction of sp³-hybridized carbons (Fsp3) is 0.200. The van der Waals surface area contributed by atoms with Crippen molar-refractivity contribution >= 4 is 28.9 Å². The van der Waals surface area contributed by atoms with Crippen LogP contribution in [0.2, 0.25) is 0 Å². The Hall–Kier alpha value is -3.18. The van der Waals surface area contributed by atoms with E-state index in [4.69, 9.17) is 17.0 Å². The number of rotatable bonds is 7. The summed E-state index contributed by atoms with van der Waals surface area (Å²) in [6.45, 7) is 4.85. The van der Waals surface area contributed by atoms with Crippen LogP contribution in [0.1, 0.15) is 47.7 Å². The number of carbonyl (C=O) groups is 1. The van der Waals surface area contributed by atoms with E-state index in [0.717, 1.165) is 17.7 Å². The van der Waals surface area contributed by atoms with Crippen LogP contribution < -0.4 is 15.4 Å². The number of ether oxygens (including phenoxy) is 1. The Labute approximate surface area is 183 Å². The van der Waals surface area contributed by atoms with Gasteiger partial charge < -0.3 is 10.1 Å². The predicted molar refractivity (Wildman–Crippen MR) is 126 cm³/mol. The Morgan fingerprint density at radius 1 is 0.967 bits per heavy atom. The molecule has 0 radical (unpaired) electrons. The number of thiocarbonyl (C=S) groups is 1. The van der Waals surface area contributed by atoms with Gasteiger partial charge in [0.05, 0.1) is 0 Å². The molecule has 1 atom stereocenters. The standard InChI is InChI=1S/C25H26N2O2S/c1-3-18(2)20-9-13-22(14-10-20)26-25(30)27-24(28)21-11-15-23(16-12-21)29-17-19-7-5-4-6-8-19/h4-16,18H,3,17H2,1-2H3,(H2,26,27,28,30). The second-order valence-electron chi connectivity index (χ2n) is 7.14. The summed E-state index contributed by atoms with van der Waals surface area (Å²) in [5, 5.41) is 6.03. The van der Waals surface area contributed by atoms with Gasteiger partial charge in [-0.25, -0.2) is 0 Å². The highest BCUT2D eigenvalue weighted by Crippen LogP contribution is 2.20. The Bertz CT molecular complexity index is 970. The van der Waals surface area contributed by atoms with Gasteiger partial charge in [-0.3, -0.25) is 10.1 Å². The minimum Gasteiger partial charge on any atom is -0.489 e. The van der Waals surface area contributed by atoms with Gasteiger partial charge in [0.1, 0.15) is 12.4 Å². The molecule has 1 unspecified atom stereocenters. The van der Waals surface area contributed by atoms with Crippen molar-refractivity contribution in [3.8, 4) is 5.75 Å². The van der Waals surface area contributed by atoms with Crippen molar-refractivity contribution < 1.29 is 9.53 Å². The molecule has 0 aliphatic heterocycles. The van der Waals surface area contributed by atoms with Crippen LogP contribution in [0.25, 0.3) is 0 Å². The minimum absolute atomic E-state index is 0.265. The molecule has 3 aromatic carbocycles. The van der Waals surface area contributed by atoms with E-state index >= 15 is 0 Å². The third-order valence-corrected chi connectivity index (χ3v) is 5.15. The van der Waals surface area contributed by atoms with E-state index in [2.05, 4.69) is 36.6 Å². The second kappa shape index (κ2) is 10.6. The lowest BCUT2D eigenvalue weighted by molar-refractivity contribution is 0.0977. The quantitative estimate of drug-likeness (QED) is 0.469. The number of hydrogen-bond donors (Lipinski definition) is 2. The van der Waals surface area contributed by atoms with E-state index in [-0.39, 0.29) is 11.0 Å². The molecular formula is C25H26N2O2S. The third kappa shape index (κ3) is 6.16. The van der Waals surface area contributed by atoms with Gasteiger partial charge in [0.25, 0.3) is 5.91 Å². The fourth-order valence-electron chi connectivity index (χ4n) is 2.91. The lowest BCUT2D eigenvalue weighted by Crippen LogP contribution is -2.34. The SMILES string of the molecule is CCC(C)c1ccc(NC(=S)NC(=O)c2ccc(OCc3ccccc3)cc2)cc1. The van der Waals surface area contributed by atoms with Gasteiger partial charge in [-0.2, -0.15) is 0 Å². The average molecular weight is 419 g/mol. The molecule has 0 aliphatic rings. The summed E-state index contributed by atoms with van der Waals surface area (Å²) >= 11 is 5.27. The summed E-state index contributed by atoms with van der Waals surface area (Å²) in [7, 11) is 0. The average Bonchev–Trinajstić information content (AvgIpc) is 2.78. The van der Waals surface area contributed by atoms with Gasteiger partial charge in [-0.05, 0) is 72.1 Å². The van der Waals surface area contributed by atoms with Crippen LogP contribution in [0.4, 0.5) is 5.69 Å². The van der Waals surface area contributed by atoms with E-state index in [0.29, 0.717) is 23.8 Å². The Balaban J connectivity index is 1.50. The summed E-state index contributed by atoms with van der Waals surface area (Å²) in [5.41, 5.74) is 3.73. The zero-order valence-corrected chi connectivity index (χ0v) is 18.0. The molecule has 4 nitrogen and oxygen atoms in total. The van der Waals surface area contributed by atoms with Crippen LogP contribution >= 0.6 is 12.2 Å². The summed E-state index contributed by atoms with van der Waals surface area (Å²) in [5.74, 6) is 0.959. The van der Waals surface area contributed by atoms with Crippen molar-refractivity contribution in [2.45, 2.75) is 32.8 Å². The molecule has 5 heteroatoms. The molecule has 3 rings (SSSR count). The van der Waals surface area contributed by atoms with Crippen molar-refractivity contribution in [3.05, 3.63) is 95.6 Å². The maximum Gasteiger partial charge on any atom is 0.257 e. The number of carbonyl (C=O) groups excluding carboxylic acids is 1. The number of benzene rings is 3. The summed E-state index contributed by atoms with van der Waals surface area (Å²) in [6, 6.07) is 25.0. The van der Waals surface area contributed by atoms with Crippen molar-refractivity contribution in [1.82, 2.24) is 5.32 Å². The number of nitrogens with one attached hydrogen (secondary N) is 2. The summed E-state index contributed by atoms with van der Waals surface area (Å²) < 4.78 is 5.75. The normalized spacial score (nSPS) is 11.4. The van der Waals surface area contributed by atoms with Gasteiger partial charge in [0, 0.05) is 11.3 Å². The summed E-state index contributed by atoms with van der Waals surface area (Å²) in [6.07, 6.45) is 1.09. The fourth-order valence-corrected chi connectivity index (χ4v) is 3.12. The van der Waals surface area contributed by atoms with Crippen LogP contribution in [0.5, 0.6) is 5.75 Å². The smallest absolute Gasteiger partial charge is 0.257 e. The van der Waals surface area contributed by atoms with E-state index < -0.39 is 0 Å². The lowest BCUT2D eigenvalue weighted by Gasteiger charge is -2.12. The molecule has 0 saturated heterocycles. The maximum absolute atomic E-state index is 12.4. The molecule has 0 spiro atoms. The minimum atomic E-state index is -0.265. The van der Waals surface area contributed by atoms with E-state index in [9.17, 15) is 4.79 Å². The first-order chi connectivity index (χ1) is 14.5. The molecular weight excluding hydrogens is 392 g/mol. The predicted octanol–water partition coefficient (Wildman–Crippen LogP) is 5.91. The zero-order valence-electron chi connectivity index (χ0n) is 17.2. The Morgan fingerprint density at radius 3 is 2.27 bits per heavy atom. The van der Waals surface area contributed by atoms with Crippen molar-refractivity contribution in [2.24, 2.45) is 0 Å². The van der Waals surface area contributed by atoms with Crippen LogP contribution in [-0.2, 0) is 6.61 Å². The molecule has 0 saturated carbocycles. The Morgan fingerprint density at radius 2 is 1.63 bits per heavy atom. The molecule has 0 fully saturated rings. The van der Waals surface area contributed by atoms with Gasteiger partial charge in [-0.1, -0.05) is 56.3 Å². The van der Waals surface area contributed by atoms with Gasteiger partial charge >= 0.3 is 0 Å². The molecule has 154 valence electrons. The molecule has 0 aromatic heterocycles. The van der Waals surface area contributed by atoms with Crippen LogP contribution in [0.3, 0.4) is 0 Å². The van der Waals surface area contributed by atoms with E-state index in [1.54, 1.807) is 24.3 Å². The van der Waals surface area contributed by atoms with E-state index in [1.165, 1.54) is 5.56 Å². The highest BCUT2D eigenvalue weighted by Gasteiger charge is 2.09. The first-order valence-electron chi connectivity index (χ1n) is 10.0. The molecule has 2 N–H and O–H groups in total. The highest BCUT2D eigenvalue weighted by atomic mass is 32.1. The zero-order chi connectivity index (χ0) is 21.3. The van der Waals surface area contributed by atoms with Gasteiger partial charge in [0.2, 0.25) is 0 Å². The van der Waals surface area contributed by atoms with Gasteiger partial charge in [0.15, 0.2) is 5.11 Å². The topological polar surface area (TPSA) is 50.4 Å². The van der Waals surface area contributed by atoms with E-state index in [1.807, 2.05) is 42.5 Å².